The summed E-state index contributed by atoms with van der Waals surface area (Å²) in [6.07, 6.45) is 0. The van der Waals surface area contributed by atoms with Crippen LogP contribution in [0.15, 0.2) is 186 Å². The Hall–Kier alpha value is -7.50. The fraction of sp³-hybridized carbons (Fsp3) is 0. The maximum atomic E-state index is 6.48. The van der Waals surface area contributed by atoms with Crippen LogP contribution in [0.4, 0.5) is 0 Å². The standard InChI is InChI=1S/C50H30N4O/c1-3-13-31(14-4-1)32-23-25-34(26-24-32)53-42-29-30-44-46(38-19-9-12-22-43(38)55-44)45(42)39-28-27-36-35-17-8-11-21-41(35)54(48(36)49(39)53)50-51-40-20-10-7-18-37(40)47(52-50)33-15-5-2-6-16-33/h1-30H. The van der Waals surface area contributed by atoms with Crippen molar-refractivity contribution >= 4 is 76.5 Å². The largest absolute Gasteiger partial charge is 0.456 e. The summed E-state index contributed by atoms with van der Waals surface area (Å²) in [7, 11) is 0. The monoisotopic (exact) mass is 702 g/mol. The average molecular weight is 703 g/mol. The maximum absolute atomic E-state index is 6.48. The SMILES string of the molecule is c1ccc(-c2ccc(-n3c4ccc5oc6ccccc6c5c4c4ccc5c6ccccc6n(-c6nc(-c7ccccc7)c7ccccc7n6)c5c43)cc2)cc1. The summed E-state index contributed by atoms with van der Waals surface area (Å²) in [6.45, 7) is 0. The van der Waals surface area contributed by atoms with Gasteiger partial charge in [-0.2, -0.15) is 0 Å². The first-order chi connectivity index (χ1) is 27.3. The number of rotatable bonds is 4. The molecule has 0 amide bonds. The van der Waals surface area contributed by atoms with E-state index in [1.807, 2.05) is 12.1 Å². The Kier molecular flexibility index (Phi) is 6.27. The summed E-state index contributed by atoms with van der Waals surface area (Å²) in [5.74, 6) is 0.631. The smallest absolute Gasteiger partial charge is 0.235 e. The Morgan fingerprint density at radius 3 is 1.82 bits per heavy atom. The molecule has 0 aliphatic rings. The molecule has 0 unspecified atom stereocenters. The zero-order valence-corrected chi connectivity index (χ0v) is 29.5. The lowest BCUT2D eigenvalue weighted by molar-refractivity contribution is 0.669. The van der Waals surface area contributed by atoms with Gasteiger partial charge in [-0.1, -0.05) is 140 Å². The number of fused-ring (bicyclic) bond motifs is 12. The van der Waals surface area contributed by atoms with Gasteiger partial charge in [0.2, 0.25) is 5.95 Å². The summed E-state index contributed by atoms with van der Waals surface area (Å²) in [5.41, 5.74) is 12.3. The van der Waals surface area contributed by atoms with Crippen LogP contribution in [0, 0.1) is 0 Å². The summed E-state index contributed by atoms with van der Waals surface area (Å²) in [6, 6.07) is 64.1. The van der Waals surface area contributed by atoms with Gasteiger partial charge in [-0.05, 0) is 53.6 Å². The van der Waals surface area contributed by atoms with Gasteiger partial charge in [-0.25, -0.2) is 9.97 Å². The van der Waals surface area contributed by atoms with E-state index in [1.54, 1.807) is 0 Å². The van der Waals surface area contributed by atoms with Crippen molar-refractivity contribution in [2.45, 2.75) is 0 Å². The van der Waals surface area contributed by atoms with Crippen LogP contribution in [0.25, 0.3) is 110 Å². The Morgan fingerprint density at radius 2 is 1.00 bits per heavy atom. The van der Waals surface area contributed by atoms with Crippen molar-refractivity contribution in [3.05, 3.63) is 182 Å². The molecule has 0 fully saturated rings. The molecule has 4 heterocycles. The van der Waals surface area contributed by atoms with Crippen LogP contribution >= 0.6 is 0 Å². The normalized spacial score (nSPS) is 12.0. The number of nitrogens with zero attached hydrogens (tertiary/aromatic N) is 4. The molecule has 256 valence electrons. The van der Waals surface area contributed by atoms with Crippen molar-refractivity contribution in [2.75, 3.05) is 0 Å². The summed E-state index contributed by atoms with van der Waals surface area (Å²) in [5, 5.41) is 7.82. The number of para-hydroxylation sites is 3. The van der Waals surface area contributed by atoms with Gasteiger partial charge in [0.15, 0.2) is 0 Å². The number of benzene rings is 8. The first kappa shape index (κ1) is 30.0. The number of furan rings is 1. The van der Waals surface area contributed by atoms with Gasteiger partial charge in [0.25, 0.3) is 0 Å². The highest BCUT2D eigenvalue weighted by Gasteiger charge is 2.25. The molecule has 0 radical (unpaired) electrons. The molecule has 5 heteroatoms. The van der Waals surface area contributed by atoms with Gasteiger partial charge in [0.05, 0.1) is 33.3 Å². The van der Waals surface area contributed by atoms with Crippen molar-refractivity contribution in [3.63, 3.8) is 0 Å². The summed E-state index contributed by atoms with van der Waals surface area (Å²) >= 11 is 0. The Bertz CT molecular complexity index is 3470. The highest BCUT2D eigenvalue weighted by Crippen LogP contribution is 2.45. The van der Waals surface area contributed by atoms with E-state index in [1.165, 1.54) is 11.1 Å². The highest BCUT2D eigenvalue weighted by molar-refractivity contribution is 6.31. The van der Waals surface area contributed by atoms with E-state index in [0.717, 1.165) is 93.4 Å². The quantitative estimate of drug-likeness (QED) is 0.183. The van der Waals surface area contributed by atoms with Crippen molar-refractivity contribution in [3.8, 4) is 34.0 Å². The summed E-state index contributed by atoms with van der Waals surface area (Å²) < 4.78 is 11.2. The second-order valence-corrected chi connectivity index (χ2v) is 14.1. The van der Waals surface area contributed by atoms with E-state index in [4.69, 9.17) is 14.4 Å². The molecule has 0 saturated heterocycles. The van der Waals surface area contributed by atoms with Crippen LogP contribution in [-0.4, -0.2) is 19.1 Å². The minimum Gasteiger partial charge on any atom is -0.456 e. The van der Waals surface area contributed by atoms with Gasteiger partial charge >= 0.3 is 0 Å². The van der Waals surface area contributed by atoms with Crippen molar-refractivity contribution in [1.82, 2.24) is 19.1 Å². The third-order valence-corrected chi connectivity index (χ3v) is 11.1. The van der Waals surface area contributed by atoms with Crippen LogP contribution in [-0.2, 0) is 0 Å². The number of hydrogen-bond acceptors (Lipinski definition) is 3. The van der Waals surface area contributed by atoms with Crippen molar-refractivity contribution in [2.24, 2.45) is 0 Å². The number of aromatic nitrogens is 4. The molecule has 8 aromatic carbocycles. The highest BCUT2D eigenvalue weighted by atomic mass is 16.3. The molecule has 0 aliphatic carbocycles. The zero-order valence-electron chi connectivity index (χ0n) is 29.5. The lowest BCUT2D eigenvalue weighted by Crippen LogP contribution is -2.04. The lowest BCUT2D eigenvalue weighted by Gasteiger charge is -2.14. The molecule has 55 heavy (non-hydrogen) atoms. The molecule has 12 aromatic rings. The van der Waals surface area contributed by atoms with E-state index < -0.39 is 0 Å². The van der Waals surface area contributed by atoms with E-state index in [-0.39, 0.29) is 0 Å². The van der Waals surface area contributed by atoms with Crippen LogP contribution in [0.5, 0.6) is 0 Å². The summed E-state index contributed by atoms with van der Waals surface area (Å²) in [4.78, 5) is 10.8. The molecule has 0 saturated carbocycles. The molecule has 0 spiro atoms. The molecule has 5 nitrogen and oxygen atoms in total. The fourth-order valence-electron chi connectivity index (χ4n) is 8.74. The second kappa shape index (κ2) is 11.5. The van der Waals surface area contributed by atoms with Crippen LogP contribution < -0.4 is 0 Å². The molecule has 0 bridgehead atoms. The Balaban J connectivity index is 1.27. The molecule has 0 atom stereocenters. The fourth-order valence-corrected chi connectivity index (χ4v) is 8.74. The third kappa shape index (κ3) is 4.35. The van der Waals surface area contributed by atoms with Gasteiger partial charge in [0.1, 0.15) is 11.2 Å². The van der Waals surface area contributed by atoms with Gasteiger partial charge in [-0.15, -0.1) is 0 Å². The van der Waals surface area contributed by atoms with Crippen molar-refractivity contribution in [1.29, 1.82) is 0 Å². The van der Waals surface area contributed by atoms with Crippen LogP contribution in [0.1, 0.15) is 0 Å². The third-order valence-electron chi connectivity index (χ3n) is 11.1. The van der Waals surface area contributed by atoms with Crippen LogP contribution in [0.2, 0.25) is 0 Å². The average Bonchev–Trinajstić information content (AvgIpc) is 3.91. The maximum Gasteiger partial charge on any atom is 0.235 e. The number of hydrogen-bond donors (Lipinski definition) is 0. The predicted molar refractivity (Wildman–Crippen MR) is 226 cm³/mol. The molecule has 0 N–H and O–H groups in total. The first-order valence-electron chi connectivity index (χ1n) is 18.6. The molecular formula is C50H30N4O. The minimum absolute atomic E-state index is 0.631. The Labute approximate surface area is 315 Å². The minimum atomic E-state index is 0.631. The van der Waals surface area contributed by atoms with Crippen LogP contribution in [0.3, 0.4) is 0 Å². The topological polar surface area (TPSA) is 48.8 Å². The van der Waals surface area contributed by atoms with Gasteiger partial charge in [-0.3, -0.25) is 4.57 Å². The molecule has 4 aromatic heterocycles. The van der Waals surface area contributed by atoms with E-state index in [2.05, 4.69) is 179 Å². The molecule has 0 aliphatic heterocycles. The van der Waals surface area contributed by atoms with E-state index >= 15 is 0 Å². The first-order valence-corrected chi connectivity index (χ1v) is 18.6. The zero-order chi connectivity index (χ0) is 36.0. The second-order valence-electron chi connectivity index (χ2n) is 14.1. The molecule has 12 rings (SSSR count). The van der Waals surface area contributed by atoms with E-state index in [9.17, 15) is 0 Å². The molecular weight excluding hydrogens is 673 g/mol. The predicted octanol–water partition coefficient (Wildman–Crippen LogP) is 13.1. The van der Waals surface area contributed by atoms with Crippen molar-refractivity contribution < 1.29 is 4.42 Å². The van der Waals surface area contributed by atoms with Gasteiger partial charge < -0.3 is 8.98 Å². The lowest BCUT2D eigenvalue weighted by atomic mass is 10.0. The Morgan fingerprint density at radius 1 is 0.364 bits per heavy atom. The van der Waals surface area contributed by atoms with Gasteiger partial charge in [0, 0.05) is 49.0 Å². The van der Waals surface area contributed by atoms with E-state index in [0.29, 0.717) is 5.95 Å².